The van der Waals surface area contributed by atoms with Crippen LogP contribution < -0.4 is 4.74 Å². The van der Waals surface area contributed by atoms with Crippen LogP contribution in [0.5, 0.6) is 5.75 Å². The van der Waals surface area contributed by atoms with Gasteiger partial charge >= 0.3 is 0 Å². The van der Waals surface area contributed by atoms with Crippen molar-refractivity contribution < 1.29 is 19.1 Å². The number of carbonyl (C=O) groups excluding carboxylic acids is 3. The summed E-state index contributed by atoms with van der Waals surface area (Å²) in [5.74, 6) is 0.420. The number of imide groups is 1. The van der Waals surface area contributed by atoms with Gasteiger partial charge in [-0.1, -0.05) is 30.3 Å². The van der Waals surface area contributed by atoms with E-state index in [9.17, 15) is 14.4 Å². The second kappa shape index (κ2) is 10.3. The van der Waals surface area contributed by atoms with Crippen LogP contribution in [0.1, 0.15) is 30.7 Å². The molecule has 34 heavy (non-hydrogen) atoms. The van der Waals surface area contributed by atoms with Crippen molar-refractivity contribution in [1.29, 1.82) is 0 Å². The summed E-state index contributed by atoms with van der Waals surface area (Å²) in [5, 5.41) is 0. The van der Waals surface area contributed by atoms with Gasteiger partial charge in [0.1, 0.15) is 11.6 Å². The van der Waals surface area contributed by atoms with Gasteiger partial charge in [0, 0.05) is 45.0 Å². The number of aromatic amines is 1. The molecule has 2 aromatic heterocycles. The van der Waals surface area contributed by atoms with Crippen molar-refractivity contribution in [3.05, 3.63) is 78.6 Å². The molecule has 3 aromatic rings. The van der Waals surface area contributed by atoms with Crippen LogP contribution in [-0.4, -0.2) is 62.7 Å². The average molecular weight is 462 g/mol. The number of hydrogen-bond acceptors (Lipinski definition) is 6. The quantitative estimate of drug-likeness (QED) is 0.367. The van der Waals surface area contributed by atoms with E-state index in [1.54, 1.807) is 56.1 Å². The lowest BCUT2D eigenvalue weighted by Crippen LogP contribution is -2.43. The summed E-state index contributed by atoms with van der Waals surface area (Å²) < 4.78 is 5.64. The Balaban J connectivity index is 1.47. The van der Waals surface area contributed by atoms with Crippen LogP contribution in [0.15, 0.2) is 67.3 Å². The molecule has 0 radical (unpaired) electrons. The van der Waals surface area contributed by atoms with Crippen molar-refractivity contribution in [2.45, 2.75) is 31.2 Å². The van der Waals surface area contributed by atoms with Crippen molar-refractivity contribution in [3.8, 4) is 5.75 Å². The van der Waals surface area contributed by atoms with E-state index in [4.69, 9.17) is 4.74 Å². The molecule has 0 spiro atoms. The third-order valence-corrected chi connectivity index (χ3v) is 5.98. The fourth-order valence-electron chi connectivity index (χ4n) is 4.19. The number of rotatable bonds is 10. The predicted octanol–water partition coefficient (Wildman–Crippen LogP) is 2.32. The first kappa shape index (κ1) is 23.2. The van der Waals surface area contributed by atoms with Crippen molar-refractivity contribution in [1.82, 2.24) is 24.8 Å². The van der Waals surface area contributed by atoms with Crippen LogP contribution in [0.4, 0.5) is 0 Å². The Hall–Kier alpha value is -4.01. The third-order valence-electron chi connectivity index (χ3n) is 5.98. The summed E-state index contributed by atoms with van der Waals surface area (Å²) in [7, 11) is 1.67. The molecule has 0 bridgehead atoms. The molecule has 1 aromatic carbocycles. The number of ether oxygens (including phenoxy) is 1. The summed E-state index contributed by atoms with van der Waals surface area (Å²) >= 11 is 0. The lowest BCUT2D eigenvalue weighted by molar-refractivity contribution is -0.142. The lowest BCUT2D eigenvalue weighted by atomic mass is 9.75. The van der Waals surface area contributed by atoms with E-state index in [0.717, 1.165) is 0 Å². The summed E-state index contributed by atoms with van der Waals surface area (Å²) in [6, 6.07) is 12.7. The molecule has 9 heteroatoms. The Labute approximate surface area is 197 Å². The molecule has 3 amide bonds. The van der Waals surface area contributed by atoms with Crippen LogP contribution in [0.25, 0.3) is 0 Å². The van der Waals surface area contributed by atoms with Gasteiger partial charge in [0.25, 0.3) is 0 Å². The number of H-pyrrole nitrogens is 1. The molecule has 1 aliphatic heterocycles. The van der Waals surface area contributed by atoms with Gasteiger partial charge in [-0.3, -0.25) is 24.3 Å². The second-order valence-corrected chi connectivity index (χ2v) is 8.33. The summed E-state index contributed by atoms with van der Waals surface area (Å²) in [5.41, 5.74) is -0.556. The monoisotopic (exact) mass is 461 g/mol. The van der Waals surface area contributed by atoms with Crippen LogP contribution in [0.3, 0.4) is 0 Å². The van der Waals surface area contributed by atoms with E-state index in [2.05, 4.69) is 15.0 Å². The zero-order valence-corrected chi connectivity index (χ0v) is 19.0. The third kappa shape index (κ3) is 4.98. The average Bonchev–Trinajstić information content (AvgIpc) is 3.45. The maximum atomic E-state index is 13.6. The van der Waals surface area contributed by atoms with Gasteiger partial charge in [-0.2, -0.15) is 0 Å². The van der Waals surface area contributed by atoms with E-state index >= 15 is 0 Å². The van der Waals surface area contributed by atoms with Gasteiger partial charge in [0.15, 0.2) is 0 Å². The summed E-state index contributed by atoms with van der Waals surface area (Å²) in [4.78, 5) is 53.7. The van der Waals surface area contributed by atoms with E-state index in [-0.39, 0.29) is 43.7 Å². The molecule has 1 saturated heterocycles. The molecule has 1 fully saturated rings. The van der Waals surface area contributed by atoms with Gasteiger partial charge in [-0.05, 0) is 24.1 Å². The second-order valence-electron chi connectivity index (χ2n) is 8.33. The van der Waals surface area contributed by atoms with Crippen molar-refractivity contribution in [2.24, 2.45) is 0 Å². The highest BCUT2D eigenvalue weighted by Gasteiger charge is 2.53. The SMILES string of the molecule is CN(Cc1ncc[nH]1)C(=O)CC1(c2ccccc2)CC(=O)N(CCCOc2cccnc2)C1=O. The van der Waals surface area contributed by atoms with Crippen LogP contribution in [-0.2, 0) is 26.3 Å². The number of aromatic nitrogens is 3. The van der Waals surface area contributed by atoms with Crippen molar-refractivity contribution >= 4 is 17.7 Å². The van der Waals surface area contributed by atoms with E-state index in [1.807, 2.05) is 18.2 Å². The Morgan fingerprint density at radius 1 is 1.18 bits per heavy atom. The van der Waals surface area contributed by atoms with Gasteiger partial charge in [0.2, 0.25) is 17.7 Å². The fourth-order valence-corrected chi connectivity index (χ4v) is 4.19. The molecular weight excluding hydrogens is 434 g/mol. The number of nitrogens with one attached hydrogen (secondary N) is 1. The maximum Gasteiger partial charge on any atom is 0.240 e. The maximum absolute atomic E-state index is 13.6. The number of hydrogen-bond donors (Lipinski definition) is 1. The number of amides is 3. The molecule has 1 aliphatic rings. The molecule has 3 heterocycles. The van der Waals surface area contributed by atoms with Crippen LogP contribution in [0.2, 0.25) is 0 Å². The zero-order chi connectivity index (χ0) is 24.0. The molecule has 1 atom stereocenters. The number of likely N-dealkylation sites (tertiary alicyclic amines) is 1. The van der Waals surface area contributed by atoms with Gasteiger partial charge in [0.05, 0.1) is 24.8 Å². The number of benzene rings is 1. The largest absolute Gasteiger partial charge is 0.492 e. The Morgan fingerprint density at radius 3 is 2.71 bits per heavy atom. The Morgan fingerprint density at radius 2 is 2.00 bits per heavy atom. The van der Waals surface area contributed by atoms with Crippen molar-refractivity contribution in [2.75, 3.05) is 20.2 Å². The highest BCUT2D eigenvalue weighted by atomic mass is 16.5. The predicted molar refractivity (Wildman–Crippen MR) is 123 cm³/mol. The van der Waals surface area contributed by atoms with E-state index < -0.39 is 5.41 Å². The summed E-state index contributed by atoms with van der Waals surface area (Å²) in [6.45, 7) is 0.850. The molecule has 9 nitrogen and oxygen atoms in total. The van der Waals surface area contributed by atoms with Crippen LogP contribution >= 0.6 is 0 Å². The number of nitrogens with zero attached hydrogens (tertiary/aromatic N) is 4. The minimum Gasteiger partial charge on any atom is -0.492 e. The minimum atomic E-state index is -1.23. The van der Waals surface area contributed by atoms with Crippen molar-refractivity contribution in [3.63, 3.8) is 0 Å². The standard InChI is InChI=1S/C25H27N5O4/c1-29(18-21-27-11-12-28-21)22(31)15-25(19-7-3-2-4-8-19)16-23(32)30(24(25)33)13-6-14-34-20-9-5-10-26-17-20/h2-5,7-12,17H,6,13-16,18H2,1H3,(H,27,28). The highest BCUT2D eigenvalue weighted by molar-refractivity contribution is 6.10. The van der Waals surface area contributed by atoms with E-state index in [1.165, 1.54) is 9.80 Å². The molecule has 0 saturated carbocycles. The zero-order valence-electron chi connectivity index (χ0n) is 19.0. The Kier molecular flexibility index (Phi) is 7.01. The first-order chi connectivity index (χ1) is 16.5. The molecule has 1 unspecified atom stereocenters. The summed E-state index contributed by atoms with van der Waals surface area (Å²) in [6.07, 6.45) is 6.91. The number of pyridine rings is 1. The van der Waals surface area contributed by atoms with Gasteiger partial charge < -0.3 is 14.6 Å². The first-order valence-electron chi connectivity index (χ1n) is 11.1. The van der Waals surface area contributed by atoms with Crippen LogP contribution in [0, 0.1) is 0 Å². The van der Waals surface area contributed by atoms with Gasteiger partial charge in [-0.15, -0.1) is 0 Å². The lowest BCUT2D eigenvalue weighted by Gasteiger charge is -2.29. The minimum absolute atomic E-state index is 0.0420. The fraction of sp³-hybridized carbons (Fsp3) is 0.320. The number of imidazole rings is 1. The smallest absolute Gasteiger partial charge is 0.240 e. The normalized spacial score (nSPS) is 17.7. The Bertz CT molecular complexity index is 1120. The molecular formula is C25H27N5O4. The topological polar surface area (TPSA) is 108 Å². The number of carbonyl (C=O) groups is 3. The van der Waals surface area contributed by atoms with Gasteiger partial charge in [-0.25, -0.2) is 4.98 Å². The molecule has 4 rings (SSSR count). The molecule has 176 valence electrons. The highest BCUT2D eigenvalue weighted by Crippen LogP contribution is 2.40. The first-order valence-corrected chi connectivity index (χ1v) is 11.1. The van der Waals surface area contributed by atoms with E-state index in [0.29, 0.717) is 30.2 Å². The molecule has 1 N–H and O–H groups in total. The molecule has 0 aliphatic carbocycles.